The summed E-state index contributed by atoms with van der Waals surface area (Å²) in [7, 11) is -1.07. The van der Waals surface area contributed by atoms with Gasteiger partial charge in [0.05, 0.1) is 8.07 Å². The molecule has 1 aromatic carbocycles. The molecule has 0 aromatic heterocycles. The third-order valence-corrected chi connectivity index (χ3v) is 3.17. The van der Waals surface area contributed by atoms with Crippen molar-refractivity contribution in [2.24, 2.45) is 0 Å². The lowest BCUT2D eigenvalue weighted by molar-refractivity contribution is 1.64. The smallest absolute Gasteiger partial charge is 0.0687 e. The normalized spacial score (nSPS) is 12.7. The number of nitrogens with two attached hydrogens (primary N) is 1. The molecule has 0 aliphatic rings. The molecule has 15 heavy (non-hydrogen) atoms. The molecule has 1 aromatic rings. The molecule has 2 heteroatoms. The quantitative estimate of drug-likeness (QED) is 0.466. The fourth-order valence-electron chi connectivity index (χ4n) is 1.17. The summed E-state index contributed by atoms with van der Waals surface area (Å²) >= 11 is 0. The van der Waals surface area contributed by atoms with Gasteiger partial charge in [0.1, 0.15) is 0 Å². The van der Waals surface area contributed by atoms with Crippen LogP contribution < -0.4 is 5.73 Å². The van der Waals surface area contributed by atoms with Gasteiger partial charge in [0, 0.05) is 5.69 Å². The van der Waals surface area contributed by atoms with Crippen LogP contribution in [0.15, 0.2) is 42.1 Å². The Balaban J connectivity index is 2.67. The van der Waals surface area contributed by atoms with E-state index in [4.69, 9.17) is 5.73 Å². The fourth-order valence-corrected chi connectivity index (χ4v) is 1.85. The van der Waals surface area contributed by atoms with Crippen molar-refractivity contribution in [1.29, 1.82) is 0 Å². The number of benzene rings is 1. The highest BCUT2D eigenvalue weighted by molar-refractivity contribution is 6.81. The molecule has 0 aliphatic heterocycles. The van der Waals surface area contributed by atoms with Crippen LogP contribution in [0.2, 0.25) is 19.6 Å². The summed E-state index contributed by atoms with van der Waals surface area (Å²) in [5.74, 6) is 0. The Morgan fingerprint density at radius 3 is 2.33 bits per heavy atom. The molecular formula is C13H19NSi. The Morgan fingerprint density at radius 1 is 1.07 bits per heavy atom. The molecular weight excluding hydrogens is 198 g/mol. The molecule has 0 saturated heterocycles. The van der Waals surface area contributed by atoms with E-state index in [1.54, 1.807) is 0 Å². The average molecular weight is 217 g/mol. The summed E-state index contributed by atoms with van der Waals surface area (Å²) in [4.78, 5) is 0. The van der Waals surface area contributed by atoms with Crippen molar-refractivity contribution in [2.75, 3.05) is 5.73 Å². The van der Waals surface area contributed by atoms with Gasteiger partial charge < -0.3 is 5.73 Å². The van der Waals surface area contributed by atoms with Gasteiger partial charge in [0.2, 0.25) is 0 Å². The maximum absolute atomic E-state index is 5.82. The van der Waals surface area contributed by atoms with Crippen LogP contribution >= 0.6 is 0 Å². The van der Waals surface area contributed by atoms with Gasteiger partial charge in [-0.05, 0) is 11.6 Å². The molecule has 80 valence electrons. The number of anilines is 1. The molecule has 0 fully saturated rings. The zero-order chi connectivity index (χ0) is 11.3. The first-order valence-electron chi connectivity index (χ1n) is 5.19. The summed E-state index contributed by atoms with van der Waals surface area (Å²) in [6.45, 7) is 6.94. The number of rotatable bonds is 3. The SMILES string of the molecule is C[Si](C)(C)C=CC=Cc1ccccc1N. The predicted octanol–water partition coefficient (Wildman–Crippen LogP) is 3.72. The summed E-state index contributed by atoms with van der Waals surface area (Å²) < 4.78 is 0. The van der Waals surface area contributed by atoms with Crippen LogP contribution in [0.25, 0.3) is 6.08 Å². The largest absolute Gasteiger partial charge is 0.398 e. The number of hydrogen-bond donors (Lipinski definition) is 1. The average Bonchev–Trinajstić information content (AvgIpc) is 2.13. The zero-order valence-electron chi connectivity index (χ0n) is 9.70. The van der Waals surface area contributed by atoms with E-state index >= 15 is 0 Å². The van der Waals surface area contributed by atoms with E-state index in [1.165, 1.54) is 0 Å². The molecule has 1 nitrogen and oxygen atoms in total. The zero-order valence-corrected chi connectivity index (χ0v) is 10.7. The van der Waals surface area contributed by atoms with Gasteiger partial charge >= 0.3 is 0 Å². The van der Waals surface area contributed by atoms with Crippen molar-refractivity contribution in [3.63, 3.8) is 0 Å². The molecule has 0 aliphatic carbocycles. The summed E-state index contributed by atoms with van der Waals surface area (Å²) in [6, 6.07) is 7.89. The number of hydrogen-bond acceptors (Lipinski definition) is 1. The van der Waals surface area contributed by atoms with Crippen LogP contribution in [-0.2, 0) is 0 Å². The highest BCUT2D eigenvalue weighted by Gasteiger charge is 2.05. The minimum absolute atomic E-state index is 0.829. The van der Waals surface area contributed by atoms with Crippen molar-refractivity contribution in [2.45, 2.75) is 19.6 Å². The molecule has 0 radical (unpaired) electrons. The Morgan fingerprint density at radius 2 is 1.73 bits per heavy atom. The lowest BCUT2D eigenvalue weighted by Crippen LogP contribution is -2.14. The van der Waals surface area contributed by atoms with E-state index in [1.807, 2.05) is 30.3 Å². The van der Waals surface area contributed by atoms with Gasteiger partial charge in [-0.2, -0.15) is 0 Å². The summed E-state index contributed by atoms with van der Waals surface area (Å²) in [5, 5.41) is 0. The number of nitrogen functional groups attached to an aromatic ring is 1. The van der Waals surface area contributed by atoms with E-state index in [0.717, 1.165) is 11.3 Å². The van der Waals surface area contributed by atoms with Crippen LogP contribution in [0, 0.1) is 0 Å². The van der Waals surface area contributed by atoms with Gasteiger partial charge in [0.25, 0.3) is 0 Å². The lowest BCUT2D eigenvalue weighted by Gasteiger charge is -2.06. The standard InChI is InChI=1S/C13H19NSi/c1-15(2,3)11-7-6-9-12-8-4-5-10-13(12)14/h4-11H,14H2,1-3H3. The highest BCUT2D eigenvalue weighted by atomic mass is 28.3. The first kappa shape index (κ1) is 11.8. The molecule has 0 atom stereocenters. The maximum atomic E-state index is 5.82. The molecule has 1 rings (SSSR count). The van der Waals surface area contributed by atoms with Crippen molar-refractivity contribution in [1.82, 2.24) is 0 Å². The molecule has 0 heterocycles. The van der Waals surface area contributed by atoms with Crippen LogP contribution in [0.1, 0.15) is 5.56 Å². The van der Waals surface area contributed by atoms with Crippen molar-refractivity contribution in [3.05, 3.63) is 47.7 Å². The molecule has 0 bridgehead atoms. The molecule has 0 unspecified atom stereocenters. The first-order chi connectivity index (χ1) is 6.99. The Kier molecular flexibility index (Phi) is 3.92. The molecule has 0 amide bonds. The first-order valence-corrected chi connectivity index (χ1v) is 8.77. The predicted molar refractivity (Wildman–Crippen MR) is 72.4 cm³/mol. The maximum Gasteiger partial charge on any atom is 0.0687 e. The second-order valence-electron chi connectivity index (χ2n) is 4.71. The summed E-state index contributed by atoms with van der Waals surface area (Å²) in [6.07, 6.45) is 6.23. The molecule has 0 spiro atoms. The Hall–Kier alpha value is -1.28. The van der Waals surface area contributed by atoms with E-state index in [2.05, 4.69) is 37.5 Å². The van der Waals surface area contributed by atoms with Crippen LogP contribution in [0.3, 0.4) is 0 Å². The molecule has 2 N–H and O–H groups in total. The monoisotopic (exact) mass is 217 g/mol. The minimum Gasteiger partial charge on any atom is -0.398 e. The second-order valence-corrected chi connectivity index (χ2v) is 9.78. The van der Waals surface area contributed by atoms with E-state index < -0.39 is 8.07 Å². The van der Waals surface area contributed by atoms with Gasteiger partial charge in [0.15, 0.2) is 0 Å². The van der Waals surface area contributed by atoms with Crippen LogP contribution in [0.5, 0.6) is 0 Å². The van der Waals surface area contributed by atoms with Crippen molar-refractivity contribution >= 4 is 19.8 Å². The number of para-hydroxylation sites is 1. The Labute approximate surface area is 93.3 Å². The highest BCUT2D eigenvalue weighted by Crippen LogP contribution is 2.12. The third kappa shape index (κ3) is 4.65. The second kappa shape index (κ2) is 4.98. The van der Waals surface area contributed by atoms with E-state index in [-0.39, 0.29) is 0 Å². The van der Waals surface area contributed by atoms with E-state index in [0.29, 0.717) is 0 Å². The van der Waals surface area contributed by atoms with Crippen molar-refractivity contribution < 1.29 is 0 Å². The topological polar surface area (TPSA) is 26.0 Å². The van der Waals surface area contributed by atoms with Crippen LogP contribution in [0.4, 0.5) is 5.69 Å². The van der Waals surface area contributed by atoms with Gasteiger partial charge in [-0.1, -0.05) is 61.8 Å². The van der Waals surface area contributed by atoms with Crippen LogP contribution in [-0.4, -0.2) is 8.07 Å². The minimum atomic E-state index is -1.07. The third-order valence-electron chi connectivity index (χ3n) is 1.98. The fraction of sp³-hybridized carbons (Fsp3) is 0.231. The Bertz CT molecular complexity index is 372. The van der Waals surface area contributed by atoms with Gasteiger partial charge in [-0.15, -0.1) is 0 Å². The van der Waals surface area contributed by atoms with Gasteiger partial charge in [-0.25, -0.2) is 0 Å². The lowest BCUT2D eigenvalue weighted by atomic mass is 10.2. The van der Waals surface area contributed by atoms with E-state index in [9.17, 15) is 0 Å². The summed E-state index contributed by atoms with van der Waals surface area (Å²) in [5.41, 5.74) is 10.0. The molecule has 0 saturated carbocycles. The van der Waals surface area contributed by atoms with Gasteiger partial charge in [-0.3, -0.25) is 0 Å². The number of allylic oxidation sites excluding steroid dienone is 2. The van der Waals surface area contributed by atoms with Crippen molar-refractivity contribution in [3.8, 4) is 0 Å².